The van der Waals surface area contributed by atoms with E-state index in [0.29, 0.717) is 12.0 Å². The highest BCUT2D eigenvalue weighted by molar-refractivity contribution is 5.94. The number of benzene rings is 1. The molecule has 1 aliphatic rings. The largest absolute Gasteiger partial charge is 0.494 e. The molecule has 1 aromatic carbocycles. The van der Waals surface area contributed by atoms with Crippen LogP contribution in [0.1, 0.15) is 37.0 Å². The van der Waals surface area contributed by atoms with E-state index in [-0.39, 0.29) is 18.3 Å². The number of hydrogen-bond donors (Lipinski definition) is 1. The van der Waals surface area contributed by atoms with E-state index in [1.54, 1.807) is 0 Å². The van der Waals surface area contributed by atoms with E-state index < -0.39 is 0 Å². The third kappa shape index (κ3) is 5.18. The Balaban J connectivity index is 0.00000242. The summed E-state index contributed by atoms with van der Waals surface area (Å²) < 4.78 is 5.68. The number of nitrogens with one attached hydrogen (secondary N) is 1. The third-order valence-corrected chi connectivity index (χ3v) is 3.97. The van der Waals surface area contributed by atoms with Gasteiger partial charge in [-0.2, -0.15) is 0 Å². The standard InChI is InChI=1S/C17H26N2O2.ClH/c1-13(2)9-11-21-16-6-4-14(5-7-16)17(20)19(3)15-8-10-18-12-15;/h4-7,13,15,18H,8-12H2,1-3H3;1H. The molecule has 1 saturated heterocycles. The number of halogens is 1. The number of carbonyl (C=O) groups excluding carboxylic acids is 1. The van der Waals surface area contributed by atoms with Gasteiger partial charge in [0, 0.05) is 25.2 Å². The van der Waals surface area contributed by atoms with Gasteiger partial charge in [0.15, 0.2) is 0 Å². The van der Waals surface area contributed by atoms with Crippen LogP contribution in [0.5, 0.6) is 5.75 Å². The molecule has 1 atom stereocenters. The lowest BCUT2D eigenvalue weighted by Gasteiger charge is -2.23. The van der Waals surface area contributed by atoms with Crippen molar-refractivity contribution >= 4 is 18.3 Å². The molecule has 0 spiro atoms. The van der Waals surface area contributed by atoms with Gasteiger partial charge in [-0.3, -0.25) is 4.79 Å². The second-order valence-corrected chi connectivity index (χ2v) is 6.12. The SMILES string of the molecule is CC(C)CCOc1ccc(C(=O)N(C)C2CCNC2)cc1.Cl. The molecule has 1 heterocycles. The molecule has 2 rings (SSSR count). The van der Waals surface area contributed by atoms with Crippen LogP contribution in [0, 0.1) is 5.92 Å². The predicted octanol–water partition coefficient (Wildman–Crippen LogP) is 2.97. The maximum Gasteiger partial charge on any atom is 0.253 e. The molecule has 0 aromatic heterocycles. The first-order valence-electron chi connectivity index (χ1n) is 7.78. The van der Waals surface area contributed by atoms with Gasteiger partial charge in [0.2, 0.25) is 0 Å². The number of ether oxygens (including phenoxy) is 1. The van der Waals surface area contributed by atoms with Gasteiger partial charge in [-0.1, -0.05) is 13.8 Å². The van der Waals surface area contributed by atoms with Gasteiger partial charge in [0.05, 0.1) is 6.61 Å². The molecular formula is C17H27ClN2O2. The molecule has 1 N–H and O–H groups in total. The van der Waals surface area contributed by atoms with Gasteiger partial charge in [0.1, 0.15) is 5.75 Å². The summed E-state index contributed by atoms with van der Waals surface area (Å²) in [6.45, 7) is 6.96. The molecule has 0 bridgehead atoms. The van der Waals surface area contributed by atoms with Gasteiger partial charge in [0.25, 0.3) is 5.91 Å². The number of carbonyl (C=O) groups is 1. The Hall–Kier alpha value is -1.26. The highest BCUT2D eigenvalue weighted by Gasteiger charge is 2.23. The summed E-state index contributed by atoms with van der Waals surface area (Å²) in [6.07, 6.45) is 2.07. The van der Waals surface area contributed by atoms with Crippen molar-refractivity contribution < 1.29 is 9.53 Å². The fourth-order valence-electron chi connectivity index (χ4n) is 2.45. The first-order valence-corrected chi connectivity index (χ1v) is 7.78. The molecule has 1 fully saturated rings. The van der Waals surface area contributed by atoms with Crippen molar-refractivity contribution in [1.29, 1.82) is 0 Å². The van der Waals surface area contributed by atoms with Crippen LogP contribution in [0.3, 0.4) is 0 Å². The smallest absolute Gasteiger partial charge is 0.253 e. The monoisotopic (exact) mass is 326 g/mol. The van der Waals surface area contributed by atoms with Crippen LogP contribution >= 0.6 is 12.4 Å². The summed E-state index contributed by atoms with van der Waals surface area (Å²) in [4.78, 5) is 14.2. The topological polar surface area (TPSA) is 41.6 Å². The summed E-state index contributed by atoms with van der Waals surface area (Å²) in [6, 6.07) is 7.78. The molecule has 1 aliphatic heterocycles. The van der Waals surface area contributed by atoms with E-state index >= 15 is 0 Å². The Bertz CT molecular complexity index is 456. The fourth-order valence-corrected chi connectivity index (χ4v) is 2.45. The maximum absolute atomic E-state index is 12.4. The predicted molar refractivity (Wildman–Crippen MR) is 92.0 cm³/mol. The zero-order chi connectivity index (χ0) is 15.2. The highest BCUT2D eigenvalue weighted by Crippen LogP contribution is 2.16. The highest BCUT2D eigenvalue weighted by atomic mass is 35.5. The molecule has 124 valence electrons. The van der Waals surface area contributed by atoms with Crippen molar-refractivity contribution in [3.05, 3.63) is 29.8 Å². The molecule has 0 aliphatic carbocycles. The van der Waals surface area contributed by atoms with Gasteiger partial charge in [-0.25, -0.2) is 0 Å². The lowest BCUT2D eigenvalue weighted by Crippen LogP contribution is -2.38. The summed E-state index contributed by atoms with van der Waals surface area (Å²) in [5.41, 5.74) is 0.723. The van der Waals surface area contributed by atoms with E-state index in [2.05, 4.69) is 19.2 Å². The molecule has 0 radical (unpaired) electrons. The second-order valence-electron chi connectivity index (χ2n) is 6.12. The third-order valence-electron chi connectivity index (χ3n) is 3.97. The lowest BCUT2D eigenvalue weighted by atomic mass is 10.1. The molecule has 1 amide bonds. The van der Waals surface area contributed by atoms with E-state index in [1.807, 2.05) is 36.2 Å². The summed E-state index contributed by atoms with van der Waals surface area (Å²) in [7, 11) is 1.88. The van der Waals surface area contributed by atoms with Crippen LogP contribution in [-0.4, -0.2) is 43.6 Å². The van der Waals surface area contributed by atoms with Crippen LogP contribution in [0.15, 0.2) is 24.3 Å². The Morgan fingerprint density at radius 2 is 2.05 bits per heavy atom. The second kappa shape index (κ2) is 9.01. The number of likely N-dealkylation sites (N-methyl/N-ethyl adjacent to an activating group) is 1. The minimum absolute atomic E-state index is 0. The number of nitrogens with zero attached hydrogens (tertiary/aromatic N) is 1. The average Bonchev–Trinajstić information content (AvgIpc) is 3.00. The zero-order valence-corrected chi connectivity index (χ0v) is 14.5. The van der Waals surface area contributed by atoms with Crippen LogP contribution in [0.25, 0.3) is 0 Å². The minimum Gasteiger partial charge on any atom is -0.494 e. The van der Waals surface area contributed by atoms with Crippen LogP contribution in [0.2, 0.25) is 0 Å². The van der Waals surface area contributed by atoms with E-state index in [0.717, 1.165) is 43.9 Å². The van der Waals surface area contributed by atoms with Gasteiger partial charge in [-0.15, -0.1) is 12.4 Å². The van der Waals surface area contributed by atoms with Crippen LogP contribution < -0.4 is 10.1 Å². The molecule has 1 unspecified atom stereocenters. The Morgan fingerprint density at radius 1 is 1.36 bits per heavy atom. The Morgan fingerprint density at radius 3 is 2.59 bits per heavy atom. The van der Waals surface area contributed by atoms with Crippen molar-refractivity contribution in [2.45, 2.75) is 32.7 Å². The van der Waals surface area contributed by atoms with Crippen molar-refractivity contribution in [1.82, 2.24) is 10.2 Å². The van der Waals surface area contributed by atoms with Crippen LogP contribution in [0.4, 0.5) is 0 Å². The molecule has 0 saturated carbocycles. The fraction of sp³-hybridized carbons (Fsp3) is 0.588. The maximum atomic E-state index is 12.4. The van der Waals surface area contributed by atoms with E-state index in [9.17, 15) is 4.79 Å². The van der Waals surface area contributed by atoms with Gasteiger partial charge < -0.3 is 15.0 Å². The molecule has 5 heteroatoms. The zero-order valence-electron chi connectivity index (χ0n) is 13.7. The van der Waals surface area contributed by atoms with Crippen molar-refractivity contribution in [2.24, 2.45) is 5.92 Å². The molecule has 4 nitrogen and oxygen atoms in total. The Kier molecular flexibility index (Phi) is 7.69. The normalized spacial score (nSPS) is 17.2. The van der Waals surface area contributed by atoms with Crippen molar-refractivity contribution in [3.63, 3.8) is 0 Å². The number of amides is 1. The van der Waals surface area contributed by atoms with Crippen LogP contribution in [-0.2, 0) is 0 Å². The number of hydrogen-bond acceptors (Lipinski definition) is 3. The minimum atomic E-state index is 0. The number of rotatable bonds is 6. The molecular weight excluding hydrogens is 300 g/mol. The average molecular weight is 327 g/mol. The Labute approximate surface area is 139 Å². The van der Waals surface area contributed by atoms with E-state index in [4.69, 9.17) is 4.74 Å². The van der Waals surface area contributed by atoms with Gasteiger partial charge >= 0.3 is 0 Å². The van der Waals surface area contributed by atoms with Crippen molar-refractivity contribution in [2.75, 3.05) is 26.7 Å². The summed E-state index contributed by atoms with van der Waals surface area (Å²) in [5.74, 6) is 1.55. The first kappa shape index (κ1) is 18.8. The lowest BCUT2D eigenvalue weighted by molar-refractivity contribution is 0.0744. The summed E-state index contributed by atoms with van der Waals surface area (Å²) >= 11 is 0. The molecule has 22 heavy (non-hydrogen) atoms. The van der Waals surface area contributed by atoms with E-state index in [1.165, 1.54) is 0 Å². The quantitative estimate of drug-likeness (QED) is 0.874. The first-order chi connectivity index (χ1) is 10.1. The van der Waals surface area contributed by atoms with Gasteiger partial charge in [-0.05, 0) is 49.6 Å². The summed E-state index contributed by atoms with van der Waals surface area (Å²) in [5, 5.41) is 3.29. The molecule has 1 aromatic rings. The van der Waals surface area contributed by atoms with Crippen molar-refractivity contribution in [3.8, 4) is 5.75 Å².